The average molecular weight is 246 g/mol. The molecule has 0 aliphatic carbocycles. The molecule has 1 aliphatic rings. The van der Waals surface area contributed by atoms with E-state index in [-0.39, 0.29) is 0 Å². The number of hydrogen-bond acceptors (Lipinski definition) is 2. The molecule has 1 aliphatic heterocycles. The zero-order valence-corrected chi connectivity index (χ0v) is 8.48. The van der Waals surface area contributed by atoms with E-state index in [4.69, 9.17) is 11.6 Å². The Labute approximate surface area is 83.8 Å². The molecule has 0 spiro atoms. The second-order valence-corrected chi connectivity index (χ2v) is 3.72. The highest BCUT2D eigenvalue weighted by Crippen LogP contribution is 2.29. The van der Waals surface area contributed by atoms with Gasteiger partial charge in [-0.25, -0.2) is 0 Å². The number of para-hydroxylation sites is 1. The maximum Gasteiger partial charge on any atom is 0.196 e. The van der Waals surface area contributed by atoms with E-state index in [9.17, 15) is 0 Å². The summed E-state index contributed by atoms with van der Waals surface area (Å²) in [7, 11) is 0. The molecule has 1 N–H and O–H groups in total. The second-order valence-electron chi connectivity index (χ2n) is 2.51. The predicted molar refractivity (Wildman–Crippen MR) is 54.8 cm³/mol. The Bertz CT molecular complexity index is 349. The first-order chi connectivity index (χ1) is 5.77. The highest BCUT2D eigenvalue weighted by Gasteiger charge is 2.11. The lowest BCUT2D eigenvalue weighted by molar-refractivity contribution is 1.05. The van der Waals surface area contributed by atoms with Crippen molar-refractivity contribution in [3.05, 3.63) is 28.2 Å². The van der Waals surface area contributed by atoms with E-state index in [0.717, 1.165) is 15.7 Å². The van der Waals surface area contributed by atoms with E-state index in [2.05, 4.69) is 26.2 Å². The minimum atomic E-state index is 0.453. The number of rotatable bonds is 0. The van der Waals surface area contributed by atoms with Gasteiger partial charge in [0, 0.05) is 4.47 Å². The van der Waals surface area contributed by atoms with Crippen molar-refractivity contribution in [1.29, 1.82) is 0 Å². The number of benzene rings is 1. The lowest BCUT2D eigenvalue weighted by atomic mass is 10.1. The highest BCUT2D eigenvalue weighted by atomic mass is 79.9. The van der Waals surface area contributed by atoms with Crippen LogP contribution >= 0.6 is 27.5 Å². The highest BCUT2D eigenvalue weighted by molar-refractivity contribution is 9.10. The third-order valence-corrected chi connectivity index (χ3v) is 2.59. The fourth-order valence-corrected chi connectivity index (χ4v) is 1.80. The number of halogens is 2. The van der Waals surface area contributed by atoms with Crippen LogP contribution in [0.5, 0.6) is 0 Å². The van der Waals surface area contributed by atoms with Gasteiger partial charge in [0.15, 0.2) is 5.29 Å². The van der Waals surface area contributed by atoms with Gasteiger partial charge >= 0.3 is 0 Å². The van der Waals surface area contributed by atoms with E-state index < -0.39 is 0 Å². The van der Waals surface area contributed by atoms with Gasteiger partial charge < -0.3 is 5.32 Å². The normalized spacial score (nSPS) is 14.7. The molecular weight excluding hydrogens is 239 g/mol. The van der Waals surface area contributed by atoms with Gasteiger partial charge in [-0.2, -0.15) is 0 Å². The summed E-state index contributed by atoms with van der Waals surface area (Å²) >= 11 is 9.17. The Morgan fingerprint density at radius 1 is 1.50 bits per heavy atom. The first-order valence-corrected chi connectivity index (χ1v) is 4.69. The molecule has 0 aromatic heterocycles. The van der Waals surface area contributed by atoms with Crippen LogP contribution in [-0.4, -0.2) is 5.29 Å². The number of nitrogens with one attached hydrogen (secondary N) is 1. The van der Waals surface area contributed by atoms with Crippen LogP contribution in [0.25, 0.3) is 0 Å². The lowest BCUT2D eigenvalue weighted by Gasteiger charge is -2.15. The molecule has 12 heavy (non-hydrogen) atoms. The van der Waals surface area contributed by atoms with Crippen molar-refractivity contribution in [3.63, 3.8) is 0 Å². The summed E-state index contributed by atoms with van der Waals surface area (Å²) in [6, 6.07) is 5.99. The lowest BCUT2D eigenvalue weighted by Crippen LogP contribution is -2.12. The minimum Gasteiger partial charge on any atom is -0.329 e. The summed E-state index contributed by atoms with van der Waals surface area (Å²) in [4.78, 5) is 4.06. The molecule has 0 unspecified atom stereocenters. The van der Waals surface area contributed by atoms with E-state index in [0.29, 0.717) is 11.8 Å². The van der Waals surface area contributed by atoms with Crippen LogP contribution in [0.3, 0.4) is 0 Å². The summed E-state index contributed by atoms with van der Waals surface area (Å²) in [5.41, 5.74) is 2.19. The zero-order chi connectivity index (χ0) is 8.55. The van der Waals surface area contributed by atoms with Crippen molar-refractivity contribution in [3.8, 4) is 0 Å². The molecule has 0 fully saturated rings. The first-order valence-electron chi connectivity index (χ1n) is 3.52. The molecule has 2 nitrogen and oxygen atoms in total. The van der Waals surface area contributed by atoms with Crippen LogP contribution < -0.4 is 5.32 Å². The van der Waals surface area contributed by atoms with Gasteiger partial charge in [0.2, 0.25) is 0 Å². The second kappa shape index (κ2) is 3.07. The number of aliphatic imine (C=N–C) groups is 1. The molecule has 1 heterocycles. The Kier molecular flexibility index (Phi) is 2.07. The maximum absolute atomic E-state index is 5.73. The summed E-state index contributed by atoms with van der Waals surface area (Å²) in [6.45, 7) is 0.653. The fourth-order valence-electron chi connectivity index (χ4n) is 1.14. The van der Waals surface area contributed by atoms with Crippen LogP contribution in [0.15, 0.2) is 27.7 Å². The standard InChI is InChI=1S/C8H6BrClN2/c9-6-3-1-2-5-4-11-8(10)12-7(5)6/h1-3H,4H2,(H,11,12). The summed E-state index contributed by atoms with van der Waals surface area (Å²) in [5, 5.41) is 3.45. The molecule has 4 heteroatoms. The van der Waals surface area contributed by atoms with Gasteiger partial charge in [0.1, 0.15) is 0 Å². The minimum absolute atomic E-state index is 0.453. The maximum atomic E-state index is 5.73. The van der Waals surface area contributed by atoms with Crippen LogP contribution in [0, 0.1) is 0 Å². The Balaban J connectivity index is 2.49. The van der Waals surface area contributed by atoms with Crippen LogP contribution in [0.4, 0.5) is 5.69 Å². The molecule has 2 rings (SSSR count). The quantitative estimate of drug-likeness (QED) is 0.698. The average Bonchev–Trinajstić information content (AvgIpc) is 2.07. The molecular formula is C8H6BrClN2. The van der Waals surface area contributed by atoms with Crippen molar-refractivity contribution in [1.82, 2.24) is 0 Å². The van der Waals surface area contributed by atoms with Crippen molar-refractivity contribution >= 4 is 38.5 Å². The third-order valence-electron chi connectivity index (χ3n) is 1.72. The zero-order valence-electron chi connectivity index (χ0n) is 6.14. The SMILES string of the molecule is ClC1=NCc2cccc(Br)c2N1. The third kappa shape index (κ3) is 1.34. The van der Waals surface area contributed by atoms with Gasteiger partial charge in [-0.3, -0.25) is 4.99 Å². The smallest absolute Gasteiger partial charge is 0.196 e. The monoisotopic (exact) mass is 244 g/mol. The van der Waals surface area contributed by atoms with E-state index in [1.165, 1.54) is 0 Å². The van der Waals surface area contributed by atoms with E-state index in [1.807, 2.05) is 18.2 Å². The van der Waals surface area contributed by atoms with Crippen molar-refractivity contribution in [2.24, 2.45) is 4.99 Å². The molecule has 62 valence electrons. The molecule has 0 amide bonds. The van der Waals surface area contributed by atoms with Gasteiger partial charge in [-0.1, -0.05) is 12.1 Å². The first kappa shape index (κ1) is 8.08. The van der Waals surface area contributed by atoms with Crippen LogP contribution in [0.1, 0.15) is 5.56 Å². The Morgan fingerprint density at radius 2 is 2.33 bits per heavy atom. The summed E-state index contributed by atoms with van der Waals surface area (Å²) < 4.78 is 1.02. The Morgan fingerprint density at radius 3 is 3.17 bits per heavy atom. The number of anilines is 1. The van der Waals surface area contributed by atoms with E-state index in [1.54, 1.807) is 0 Å². The number of nitrogens with zero attached hydrogens (tertiary/aromatic N) is 1. The number of fused-ring (bicyclic) bond motifs is 1. The molecule has 1 aromatic rings. The van der Waals surface area contributed by atoms with Gasteiger partial charge in [0.25, 0.3) is 0 Å². The topological polar surface area (TPSA) is 24.4 Å². The fraction of sp³-hybridized carbons (Fsp3) is 0.125. The van der Waals surface area contributed by atoms with Gasteiger partial charge in [-0.15, -0.1) is 0 Å². The van der Waals surface area contributed by atoms with Gasteiger partial charge in [-0.05, 0) is 39.2 Å². The number of hydrogen-bond donors (Lipinski definition) is 1. The van der Waals surface area contributed by atoms with Crippen molar-refractivity contribution < 1.29 is 0 Å². The van der Waals surface area contributed by atoms with Crippen LogP contribution in [0.2, 0.25) is 0 Å². The van der Waals surface area contributed by atoms with Gasteiger partial charge in [0.05, 0.1) is 12.2 Å². The Hall–Kier alpha value is -0.540. The largest absolute Gasteiger partial charge is 0.329 e. The molecule has 1 aromatic carbocycles. The molecule has 0 saturated heterocycles. The summed E-state index contributed by atoms with van der Waals surface area (Å²) in [6.07, 6.45) is 0. The van der Waals surface area contributed by atoms with Crippen molar-refractivity contribution in [2.45, 2.75) is 6.54 Å². The molecule has 0 saturated carbocycles. The molecule has 0 bridgehead atoms. The van der Waals surface area contributed by atoms with Crippen molar-refractivity contribution in [2.75, 3.05) is 5.32 Å². The predicted octanol–water partition coefficient (Wildman–Crippen LogP) is 2.97. The van der Waals surface area contributed by atoms with E-state index >= 15 is 0 Å². The molecule has 0 radical (unpaired) electrons. The summed E-state index contributed by atoms with van der Waals surface area (Å²) in [5.74, 6) is 0. The molecule has 0 atom stereocenters. The van der Waals surface area contributed by atoms with Crippen LogP contribution in [-0.2, 0) is 6.54 Å². The number of amidine groups is 1.